The van der Waals surface area contributed by atoms with Gasteiger partial charge in [0.05, 0.1) is 25.4 Å². The van der Waals surface area contributed by atoms with Crippen molar-refractivity contribution in [3.05, 3.63) is 35.9 Å². The van der Waals surface area contributed by atoms with E-state index in [1.165, 1.54) is 0 Å². The molecule has 1 aromatic carbocycles. The van der Waals surface area contributed by atoms with Gasteiger partial charge >= 0.3 is 0 Å². The van der Waals surface area contributed by atoms with Crippen molar-refractivity contribution in [2.45, 2.75) is 13.3 Å². The van der Waals surface area contributed by atoms with E-state index in [-0.39, 0.29) is 5.91 Å². The van der Waals surface area contributed by atoms with Gasteiger partial charge in [-0.05, 0) is 12.5 Å². The number of rotatable bonds is 7. The Kier molecular flexibility index (Phi) is 6.55. The maximum absolute atomic E-state index is 12.5. The highest BCUT2D eigenvalue weighted by Crippen LogP contribution is 2.14. The molecule has 25 heavy (non-hydrogen) atoms. The number of hydrogen-bond acceptors (Lipinski definition) is 5. The number of amides is 1. The number of hydrogen-bond donors (Lipinski definition) is 0. The summed E-state index contributed by atoms with van der Waals surface area (Å²) in [4.78, 5) is 17.2. The molecule has 3 rings (SSSR count). The summed E-state index contributed by atoms with van der Waals surface area (Å²) in [7, 11) is 0. The molecule has 0 N–H and O–H groups in total. The van der Waals surface area contributed by atoms with Crippen LogP contribution >= 0.6 is 0 Å². The molecule has 0 aromatic heterocycles. The molecule has 0 atom stereocenters. The van der Waals surface area contributed by atoms with Gasteiger partial charge in [-0.15, -0.1) is 0 Å². The van der Waals surface area contributed by atoms with Crippen LogP contribution in [0.2, 0.25) is 0 Å². The van der Waals surface area contributed by atoms with E-state index in [2.05, 4.69) is 14.9 Å². The summed E-state index contributed by atoms with van der Waals surface area (Å²) in [5, 5.41) is 6.18. The van der Waals surface area contributed by atoms with E-state index in [1.807, 2.05) is 37.3 Å². The van der Waals surface area contributed by atoms with Gasteiger partial charge in [0.15, 0.2) is 0 Å². The number of piperazine rings is 1. The lowest BCUT2D eigenvalue weighted by molar-refractivity contribution is -0.132. The zero-order valence-electron chi connectivity index (χ0n) is 15.1. The lowest BCUT2D eigenvalue weighted by atomic mass is 10.1. The van der Waals surface area contributed by atoms with Crippen LogP contribution in [0.4, 0.5) is 0 Å². The van der Waals surface area contributed by atoms with Gasteiger partial charge in [0.25, 0.3) is 5.91 Å². The zero-order valence-corrected chi connectivity index (χ0v) is 15.1. The van der Waals surface area contributed by atoms with E-state index >= 15 is 0 Å². The van der Waals surface area contributed by atoms with Gasteiger partial charge in [-0.3, -0.25) is 14.6 Å². The summed E-state index contributed by atoms with van der Waals surface area (Å²) in [6, 6.07) is 10.1. The number of nitrogens with zero attached hydrogens (tertiary/aromatic N) is 4. The molecular formula is C19H28N4O2. The molecule has 6 heteroatoms. The smallest absolute Gasteiger partial charge is 0.256 e. The molecule has 1 aromatic rings. The zero-order chi connectivity index (χ0) is 17.5. The number of carbonyl (C=O) groups is 1. The maximum atomic E-state index is 12.5. The number of benzene rings is 1. The Labute approximate surface area is 150 Å². The summed E-state index contributed by atoms with van der Waals surface area (Å²) in [6.45, 7) is 9.58. The molecular weight excluding hydrogens is 316 g/mol. The van der Waals surface area contributed by atoms with E-state index in [1.54, 1.807) is 5.01 Å². The molecule has 1 saturated heterocycles. The highest BCUT2D eigenvalue weighted by Gasteiger charge is 2.25. The maximum Gasteiger partial charge on any atom is 0.256 e. The topological polar surface area (TPSA) is 48.4 Å². The summed E-state index contributed by atoms with van der Waals surface area (Å²) in [5.41, 5.74) is 2.12. The van der Waals surface area contributed by atoms with Crippen molar-refractivity contribution in [3.8, 4) is 0 Å². The van der Waals surface area contributed by atoms with Crippen LogP contribution in [0, 0.1) is 0 Å². The predicted molar refractivity (Wildman–Crippen MR) is 98.7 cm³/mol. The SMILES string of the molecule is CCOCCN1CCN(CC(=O)N2CCC(c3ccccc3)=N2)CC1. The first-order valence-corrected chi connectivity index (χ1v) is 9.22. The Bertz CT molecular complexity index is 582. The van der Waals surface area contributed by atoms with Crippen LogP contribution in [-0.4, -0.2) is 85.5 Å². The average Bonchev–Trinajstić information content (AvgIpc) is 3.14. The molecule has 0 aliphatic carbocycles. The second-order valence-electron chi connectivity index (χ2n) is 6.49. The third kappa shape index (κ3) is 5.11. The van der Waals surface area contributed by atoms with E-state index in [9.17, 15) is 4.79 Å². The van der Waals surface area contributed by atoms with Crippen molar-refractivity contribution in [2.75, 3.05) is 59.0 Å². The Hall–Kier alpha value is -1.76. The summed E-state index contributed by atoms with van der Waals surface area (Å²) in [5.74, 6) is 0.105. The normalized spacial score (nSPS) is 19.2. The van der Waals surface area contributed by atoms with Crippen molar-refractivity contribution in [1.29, 1.82) is 0 Å². The molecule has 2 aliphatic heterocycles. The highest BCUT2D eigenvalue weighted by molar-refractivity contribution is 6.02. The lowest BCUT2D eigenvalue weighted by Crippen LogP contribution is -2.50. The third-order valence-corrected chi connectivity index (χ3v) is 4.78. The van der Waals surface area contributed by atoms with Crippen LogP contribution in [0.5, 0.6) is 0 Å². The average molecular weight is 344 g/mol. The van der Waals surface area contributed by atoms with E-state index in [0.717, 1.165) is 63.6 Å². The van der Waals surface area contributed by atoms with Crippen LogP contribution < -0.4 is 0 Å². The second kappa shape index (κ2) is 9.08. The molecule has 0 saturated carbocycles. The van der Waals surface area contributed by atoms with Gasteiger partial charge in [-0.25, -0.2) is 5.01 Å². The summed E-state index contributed by atoms with van der Waals surface area (Å²) < 4.78 is 5.41. The number of carbonyl (C=O) groups excluding carboxylic acids is 1. The molecule has 6 nitrogen and oxygen atoms in total. The Morgan fingerprint density at radius 1 is 1.08 bits per heavy atom. The Morgan fingerprint density at radius 3 is 2.52 bits per heavy atom. The van der Waals surface area contributed by atoms with Gasteiger partial charge < -0.3 is 4.74 Å². The first kappa shape index (κ1) is 18.0. The first-order chi connectivity index (χ1) is 12.3. The predicted octanol–water partition coefficient (Wildman–Crippen LogP) is 1.28. The molecule has 0 radical (unpaired) electrons. The quantitative estimate of drug-likeness (QED) is 0.699. The molecule has 1 amide bonds. The molecule has 0 unspecified atom stereocenters. The van der Waals surface area contributed by atoms with E-state index in [4.69, 9.17) is 4.74 Å². The number of ether oxygens (including phenoxy) is 1. The molecule has 1 fully saturated rings. The minimum atomic E-state index is 0.105. The van der Waals surface area contributed by atoms with Crippen molar-refractivity contribution in [2.24, 2.45) is 5.10 Å². The van der Waals surface area contributed by atoms with Crippen molar-refractivity contribution < 1.29 is 9.53 Å². The largest absolute Gasteiger partial charge is 0.380 e. The van der Waals surface area contributed by atoms with E-state index in [0.29, 0.717) is 13.1 Å². The fourth-order valence-corrected chi connectivity index (χ4v) is 3.25. The van der Waals surface area contributed by atoms with Crippen LogP contribution in [0.1, 0.15) is 18.9 Å². The van der Waals surface area contributed by atoms with Crippen LogP contribution in [-0.2, 0) is 9.53 Å². The van der Waals surface area contributed by atoms with Crippen molar-refractivity contribution in [3.63, 3.8) is 0 Å². The van der Waals surface area contributed by atoms with Gasteiger partial charge in [0, 0.05) is 45.8 Å². The minimum Gasteiger partial charge on any atom is -0.380 e. The number of hydrazone groups is 1. The van der Waals surface area contributed by atoms with Crippen LogP contribution in [0.3, 0.4) is 0 Å². The van der Waals surface area contributed by atoms with Gasteiger partial charge in [-0.2, -0.15) is 5.10 Å². The Balaban J connectivity index is 1.44. The summed E-state index contributed by atoms with van der Waals surface area (Å²) >= 11 is 0. The van der Waals surface area contributed by atoms with Crippen molar-refractivity contribution >= 4 is 11.6 Å². The van der Waals surface area contributed by atoms with Crippen LogP contribution in [0.15, 0.2) is 35.4 Å². The van der Waals surface area contributed by atoms with Gasteiger partial charge in [0.1, 0.15) is 0 Å². The molecule has 0 bridgehead atoms. The van der Waals surface area contributed by atoms with Gasteiger partial charge in [-0.1, -0.05) is 30.3 Å². The minimum absolute atomic E-state index is 0.105. The van der Waals surface area contributed by atoms with Gasteiger partial charge in [0.2, 0.25) is 0 Å². The molecule has 2 aliphatic rings. The molecule has 0 spiro atoms. The summed E-state index contributed by atoms with van der Waals surface area (Å²) in [6.07, 6.45) is 0.834. The molecule has 2 heterocycles. The highest BCUT2D eigenvalue weighted by atomic mass is 16.5. The lowest BCUT2D eigenvalue weighted by Gasteiger charge is -2.34. The standard InChI is InChI=1S/C19H28N4O2/c1-2-25-15-14-21-10-12-22(13-11-21)16-19(24)23-9-8-18(20-23)17-6-4-3-5-7-17/h3-7H,2,8-16H2,1H3. The monoisotopic (exact) mass is 344 g/mol. The fraction of sp³-hybridized carbons (Fsp3) is 0.579. The first-order valence-electron chi connectivity index (χ1n) is 9.22. The second-order valence-corrected chi connectivity index (χ2v) is 6.49. The van der Waals surface area contributed by atoms with Crippen molar-refractivity contribution in [1.82, 2.24) is 14.8 Å². The van der Waals surface area contributed by atoms with E-state index < -0.39 is 0 Å². The fourth-order valence-electron chi connectivity index (χ4n) is 3.25. The Morgan fingerprint density at radius 2 is 1.80 bits per heavy atom. The molecule has 136 valence electrons. The van der Waals surface area contributed by atoms with Crippen LogP contribution in [0.25, 0.3) is 0 Å². The third-order valence-electron chi connectivity index (χ3n) is 4.78.